The normalized spacial score (nSPS) is 30.0. The molecule has 3 aliphatic rings. The Morgan fingerprint density at radius 1 is 1.12 bits per heavy atom. The number of phenols is 2. The first kappa shape index (κ1) is 30.8. The smallest absolute Gasteiger partial charge is 0.316 e. The molecule has 0 unspecified atom stereocenters. The highest BCUT2D eigenvalue weighted by Crippen LogP contribution is 2.54. The lowest BCUT2D eigenvalue weighted by Gasteiger charge is -2.46. The number of ketones is 3. The Morgan fingerprint density at radius 2 is 1.81 bits per heavy atom. The van der Waals surface area contributed by atoms with E-state index in [-0.39, 0.29) is 52.3 Å². The zero-order valence-electron chi connectivity index (χ0n) is 24.5. The van der Waals surface area contributed by atoms with Crippen molar-refractivity contribution in [2.75, 3.05) is 21.2 Å². The SMILES string of the molecule is COC(=O)[C@H]1c2cc3c(c(O)c2[C@@H](O[C@H]2C[C@H](N(C)C)[C@@H](O)[C@@H](C)O2)C[C@]1(O)CC(C)=O)C(=O)c1c(O)cccc1C3=O. The average Bonchev–Trinajstić information content (AvgIpc) is 2.92. The fourth-order valence-corrected chi connectivity index (χ4v) is 6.76. The van der Waals surface area contributed by atoms with Gasteiger partial charge in [0.1, 0.15) is 23.2 Å². The summed E-state index contributed by atoms with van der Waals surface area (Å²) in [5.74, 6) is -5.47. The number of benzene rings is 2. The van der Waals surface area contributed by atoms with Crippen molar-refractivity contribution >= 4 is 23.3 Å². The summed E-state index contributed by atoms with van der Waals surface area (Å²) < 4.78 is 17.3. The molecule has 12 heteroatoms. The van der Waals surface area contributed by atoms with Crippen LogP contribution in [-0.4, -0.2) is 100.0 Å². The molecule has 1 saturated heterocycles. The number of hydrogen-bond donors (Lipinski definition) is 4. The van der Waals surface area contributed by atoms with Crippen LogP contribution in [0.3, 0.4) is 0 Å². The van der Waals surface area contributed by atoms with Crippen LogP contribution in [0.25, 0.3) is 0 Å². The second-order valence-corrected chi connectivity index (χ2v) is 11.8. The molecular weight excluding hydrogens is 562 g/mol. The van der Waals surface area contributed by atoms with Crippen molar-refractivity contribution in [1.82, 2.24) is 4.90 Å². The zero-order chi connectivity index (χ0) is 31.5. The van der Waals surface area contributed by atoms with Gasteiger partial charge in [0, 0.05) is 42.0 Å². The maximum atomic E-state index is 13.7. The number of aromatic hydroxyl groups is 2. The molecule has 230 valence electrons. The Bertz CT molecular complexity index is 1520. The fraction of sp³-hybridized carbons (Fsp3) is 0.484. The minimum atomic E-state index is -2.06. The van der Waals surface area contributed by atoms with Gasteiger partial charge in [-0.15, -0.1) is 0 Å². The lowest BCUT2D eigenvalue weighted by molar-refractivity contribution is -0.258. The van der Waals surface area contributed by atoms with E-state index >= 15 is 0 Å². The number of ether oxygens (including phenoxy) is 3. The van der Waals surface area contributed by atoms with Crippen LogP contribution in [-0.2, 0) is 23.8 Å². The monoisotopic (exact) mass is 597 g/mol. The van der Waals surface area contributed by atoms with Crippen molar-refractivity contribution in [3.63, 3.8) is 0 Å². The maximum Gasteiger partial charge on any atom is 0.316 e. The molecule has 0 spiro atoms. The summed E-state index contributed by atoms with van der Waals surface area (Å²) in [6.07, 6.45) is -4.33. The predicted molar refractivity (Wildman–Crippen MR) is 149 cm³/mol. The van der Waals surface area contributed by atoms with Gasteiger partial charge in [0.15, 0.2) is 12.1 Å². The Kier molecular flexibility index (Phi) is 7.95. The van der Waals surface area contributed by atoms with Gasteiger partial charge >= 0.3 is 5.97 Å². The molecule has 5 rings (SSSR count). The van der Waals surface area contributed by atoms with Gasteiger partial charge in [-0.2, -0.15) is 0 Å². The molecule has 1 heterocycles. The highest BCUT2D eigenvalue weighted by molar-refractivity contribution is 6.30. The van der Waals surface area contributed by atoms with Gasteiger partial charge in [-0.3, -0.25) is 19.2 Å². The van der Waals surface area contributed by atoms with Crippen LogP contribution < -0.4 is 0 Å². The quantitative estimate of drug-likeness (QED) is 0.303. The van der Waals surface area contributed by atoms with Crippen molar-refractivity contribution in [3.05, 3.63) is 57.6 Å². The number of nitrogens with zero attached hydrogens (tertiary/aromatic N) is 1. The molecule has 2 aromatic rings. The van der Waals surface area contributed by atoms with Crippen LogP contribution in [0.1, 0.15) is 88.1 Å². The van der Waals surface area contributed by atoms with Crippen molar-refractivity contribution in [1.29, 1.82) is 0 Å². The molecule has 0 saturated carbocycles. The van der Waals surface area contributed by atoms with Gasteiger partial charge in [-0.05, 0) is 45.6 Å². The van der Waals surface area contributed by atoms with Gasteiger partial charge in [-0.25, -0.2) is 0 Å². The highest BCUT2D eigenvalue weighted by Gasteiger charge is 2.54. The van der Waals surface area contributed by atoms with E-state index in [0.29, 0.717) is 0 Å². The zero-order valence-corrected chi connectivity index (χ0v) is 24.5. The molecular formula is C31H35NO11. The second kappa shape index (κ2) is 11.1. The van der Waals surface area contributed by atoms with Crippen LogP contribution in [0.5, 0.6) is 11.5 Å². The van der Waals surface area contributed by atoms with Crippen LogP contribution in [0, 0.1) is 0 Å². The van der Waals surface area contributed by atoms with E-state index in [1.807, 2.05) is 4.90 Å². The highest BCUT2D eigenvalue weighted by atomic mass is 16.7. The number of carbonyl (C=O) groups is 4. The third-order valence-corrected chi connectivity index (χ3v) is 8.71. The first-order valence-electron chi connectivity index (χ1n) is 14.0. The topological polar surface area (TPSA) is 180 Å². The summed E-state index contributed by atoms with van der Waals surface area (Å²) in [6.45, 7) is 2.93. The van der Waals surface area contributed by atoms with Gasteiger partial charge in [0.2, 0.25) is 5.78 Å². The van der Waals surface area contributed by atoms with Gasteiger partial charge in [0.05, 0.1) is 42.1 Å². The number of Topliss-reactive ketones (excluding diaryl/α,β-unsaturated/α-hetero) is 1. The summed E-state index contributed by atoms with van der Waals surface area (Å²) >= 11 is 0. The summed E-state index contributed by atoms with van der Waals surface area (Å²) in [5.41, 5.74) is -3.13. The van der Waals surface area contributed by atoms with Gasteiger partial charge in [0.25, 0.3) is 0 Å². The van der Waals surface area contributed by atoms with Crippen molar-refractivity contribution < 1.29 is 53.8 Å². The molecule has 2 aromatic carbocycles. The van der Waals surface area contributed by atoms with E-state index < -0.39 is 77.4 Å². The summed E-state index contributed by atoms with van der Waals surface area (Å²) in [4.78, 5) is 54.7. The molecule has 0 aromatic heterocycles. The number of carbonyl (C=O) groups excluding carboxylic acids is 4. The molecule has 12 nitrogen and oxygen atoms in total. The number of aliphatic hydroxyl groups is 2. The lowest BCUT2D eigenvalue weighted by Crippen LogP contribution is -2.54. The molecule has 7 atom stereocenters. The molecule has 0 bridgehead atoms. The number of likely N-dealkylation sites (N-methyl/N-ethyl adjacent to an activating group) is 1. The largest absolute Gasteiger partial charge is 0.507 e. The summed E-state index contributed by atoms with van der Waals surface area (Å²) in [7, 11) is 4.69. The van der Waals surface area contributed by atoms with Crippen molar-refractivity contribution in [3.8, 4) is 11.5 Å². The molecule has 43 heavy (non-hydrogen) atoms. The van der Waals surface area contributed by atoms with E-state index in [1.54, 1.807) is 21.0 Å². The summed E-state index contributed by atoms with van der Waals surface area (Å²) in [6, 6.07) is 4.89. The van der Waals surface area contributed by atoms with Crippen LogP contribution in [0.4, 0.5) is 0 Å². The molecule has 1 fully saturated rings. The number of fused-ring (bicyclic) bond motifs is 3. The van der Waals surface area contributed by atoms with Crippen LogP contribution in [0.15, 0.2) is 24.3 Å². The van der Waals surface area contributed by atoms with E-state index in [0.717, 1.165) is 7.11 Å². The van der Waals surface area contributed by atoms with E-state index in [9.17, 15) is 39.6 Å². The van der Waals surface area contributed by atoms with Crippen LogP contribution >= 0.6 is 0 Å². The number of rotatable bonds is 6. The van der Waals surface area contributed by atoms with Crippen molar-refractivity contribution in [2.45, 2.75) is 75.3 Å². The molecule has 4 N–H and O–H groups in total. The Balaban J connectivity index is 1.71. The first-order valence-corrected chi connectivity index (χ1v) is 14.0. The molecule has 0 radical (unpaired) electrons. The van der Waals surface area contributed by atoms with Crippen LogP contribution in [0.2, 0.25) is 0 Å². The lowest BCUT2D eigenvalue weighted by atomic mass is 9.66. The predicted octanol–water partition coefficient (Wildman–Crippen LogP) is 1.73. The third-order valence-electron chi connectivity index (χ3n) is 8.71. The standard InChI is InChI=1S/C31H35NO11/c1-13(33)11-31(40)12-20(43-21-10-18(32(3)4)26(35)14(2)42-21)23-16(25(31)30(39)41-5)9-17-24(29(23)38)28(37)22-15(27(17)36)7-6-8-19(22)34/h6-9,14,18,20-21,25-26,34-35,38,40H,10-12H2,1-5H3/t14-,18+,20+,21+,25-,26+,31-/m1/s1. The Hall–Kier alpha value is -3.68. The minimum absolute atomic E-state index is 0.0408. The average molecular weight is 598 g/mol. The number of methoxy groups -OCH3 is 1. The Morgan fingerprint density at radius 3 is 2.44 bits per heavy atom. The molecule has 1 aliphatic heterocycles. The third kappa shape index (κ3) is 5.02. The minimum Gasteiger partial charge on any atom is -0.507 e. The number of esters is 1. The van der Waals surface area contributed by atoms with E-state index in [2.05, 4.69) is 0 Å². The fourth-order valence-electron chi connectivity index (χ4n) is 6.76. The van der Waals surface area contributed by atoms with Gasteiger partial charge in [-0.1, -0.05) is 12.1 Å². The van der Waals surface area contributed by atoms with Gasteiger partial charge < -0.3 is 39.5 Å². The number of aliphatic hydroxyl groups excluding tert-OH is 1. The molecule has 0 amide bonds. The Labute approximate surface area is 247 Å². The first-order chi connectivity index (χ1) is 20.2. The number of phenolic OH excluding ortho intramolecular Hbond substituents is 2. The molecule has 2 aliphatic carbocycles. The number of hydrogen-bond acceptors (Lipinski definition) is 12. The summed E-state index contributed by atoms with van der Waals surface area (Å²) in [5, 5.41) is 44.7. The second-order valence-electron chi connectivity index (χ2n) is 11.8. The van der Waals surface area contributed by atoms with E-state index in [1.165, 1.54) is 31.2 Å². The van der Waals surface area contributed by atoms with E-state index in [4.69, 9.17) is 14.2 Å². The maximum absolute atomic E-state index is 13.7. The van der Waals surface area contributed by atoms with Crippen molar-refractivity contribution in [2.24, 2.45) is 0 Å².